The van der Waals surface area contributed by atoms with Crippen molar-refractivity contribution >= 4 is 27.5 Å². The molecular weight excluding hydrogens is 284 g/mol. The van der Waals surface area contributed by atoms with E-state index >= 15 is 0 Å². The van der Waals surface area contributed by atoms with Crippen molar-refractivity contribution in [3.05, 3.63) is 33.8 Å². The summed E-state index contributed by atoms with van der Waals surface area (Å²) in [5, 5.41) is 12.6. The summed E-state index contributed by atoms with van der Waals surface area (Å²) in [4.78, 5) is 13.5. The summed E-state index contributed by atoms with van der Waals surface area (Å²) in [6, 6.07) is 5.79. The van der Waals surface area contributed by atoms with Gasteiger partial charge in [-0.25, -0.2) is 0 Å². The van der Waals surface area contributed by atoms with Crippen LogP contribution in [0.25, 0.3) is 0 Å². The second-order valence-electron chi connectivity index (χ2n) is 4.36. The van der Waals surface area contributed by atoms with Crippen LogP contribution in [0.3, 0.4) is 0 Å². The van der Waals surface area contributed by atoms with Crippen LogP contribution in [0.15, 0.2) is 27.8 Å². The average Bonchev–Trinajstić information content (AvgIpc) is 2.68. The molecule has 1 aromatic carbocycles. The van der Waals surface area contributed by atoms with Gasteiger partial charge in [0.1, 0.15) is 5.71 Å². The molecule has 0 radical (unpaired) electrons. The van der Waals surface area contributed by atoms with E-state index in [9.17, 15) is 10.0 Å². The number of oxime groups is 1. The predicted octanol–water partition coefficient (Wildman–Crippen LogP) is 2.13. The van der Waals surface area contributed by atoms with E-state index in [0.717, 1.165) is 22.0 Å². The van der Waals surface area contributed by atoms with Crippen molar-refractivity contribution in [3.63, 3.8) is 0 Å². The van der Waals surface area contributed by atoms with Crippen LogP contribution in [0.4, 0.5) is 0 Å². The molecule has 5 heteroatoms. The van der Waals surface area contributed by atoms with Crippen LogP contribution in [-0.4, -0.2) is 27.8 Å². The number of benzene rings is 1. The molecule has 1 amide bonds. The molecule has 1 fully saturated rings. The fourth-order valence-corrected chi connectivity index (χ4v) is 2.99. The average molecular weight is 295 g/mol. The van der Waals surface area contributed by atoms with Gasteiger partial charge in [0.25, 0.3) is 0 Å². The zero-order valence-electron chi connectivity index (χ0n) is 9.06. The largest absolute Gasteiger partial charge is 0.411 e. The molecule has 1 unspecified atom stereocenters. The number of fused-ring (bicyclic) bond motifs is 2. The molecule has 4 nitrogen and oxygen atoms in total. The van der Waals surface area contributed by atoms with Crippen LogP contribution in [0, 0.1) is 0 Å². The van der Waals surface area contributed by atoms with Crippen molar-refractivity contribution in [1.29, 1.82) is 0 Å². The van der Waals surface area contributed by atoms with E-state index in [2.05, 4.69) is 21.1 Å². The molecule has 1 atom stereocenters. The number of hydrogen-bond acceptors (Lipinski definition) is 3. The third-order valence-electron chi connectivity index (χ3n) is 3.44. The maximum absolute atomic E-state index is 11.7. The smallest absolute Gasteiger partial charge is 0.223 e. The third kappa shape index (κ3) is 1.57. The zero-order valence-corrected chi connectivity index (χ0v) is 10.6. The van der Waals surface area contributed by atoms with Crippen LogP contribution in [0.2, 0.25) is 0 Å². The topological polar surface area (TPSA) is 52.9 Å². The molecule has 1 N–H and O–H groups in total. The number of rotatable bonds is 0. The molecule has 2 aliphatic heterocycles. The first-order chi connectivity index (χ1) is 8.20. The second-order valence-corrected chi connectivity index (χ2v) is 5.28. The molecular formula is C12H11BrN2O2. The first-order valence-electron chi connectivity index (χ1n) is 5.51. The molecule has 3 rings (SSSR count). The monoisotopic (exact) mass is 294 g/mol. The van der Waals surface area contributed by atoms with Gasteiger partial charge in [-0.05, 0) is 24.1 Å². The van der Waals surface area contributed by atoms with Gasteiger partial charge in [0, 0.05) is 23.0 Å². The molecule has 17 heavy (non-hydrogen) atoms. The normalized spacial score (nSPS) is 25.0. The number of hydrogen-bond donors (Lipinski definition) is 1. The molecule has 0 spiro atoms. The minimum Gasteiger partial charge on any atom is -0.411 e. The number of carbonyl (C=O) groups excluding carboxylic acids is 1. The summed E-state index contributed by atoms with van der Waals surface area (Å²) in [5.41, 5.74) is 2.59. The van der Waals surface area contributed by atoms with Crippen LogP contribution in [0.5, 0.6) is 0 Å². The Kier molecular flexibility index (Phi) is 2.43. The lowest BCUT2D eigenvalue weighted by Gasteiger charge is -2.32. The number of carbonyl (C=O) groups is 1. The lowest BCUT2D eigenvalue weighted by Crippen LogP contribution is -2.43. The Hall–Kier alpha value is -1.36. The summed E-state index contributed by atoms with van der Waals surface area (Å²) < 4.78 is 0.954. The van der Waals surface area contributed by atoms with E-state index in [4.69, 9.17) is 0 Å². The van der Waals surface area contributed by atoms with Gasteiger partial charge < -0.3 is 10.1 Å². The van der Waals surface area contributed by atoms with Crippen LogP contribution in [-0.2, 0) is 11.3 Å². The van der Waals surface area contributed by atoms with E-state index in [1.807, 2.05) is 18.2 Å². The zero-order chi connectivity index (χ0) is 12.0. The Bertz CT molecular complexity index is 527. The summed E-state index contributed by atoms with van der Waals surface area (Å²) in [6.45, 7) is 0.616. The summed E-state index contributed by atoms with van der Waals surface area (Å²) >= 11 is 3.41. The molecule has 1 saturated heterocycles. The van der Waals surface area contributed by atoms with Crippen molar-refractivity contribution in [2.24, 2.45) is 5.16 Å². The quantitative estimate of drug-likeness (QED) is 0.589. The Morgan fingerprint density at radius 2 is 2.29 bits per heavy atom. The standard InChI is InChI=1S/C12H11BrN2O2/c13-8-2-1-7-6-15-10(3-4-11(15)16)12(14-17)9(7)5-8/h1-2,5,10,17H,3-4,6H2/b14-12-. The highest BCUT2D eigenvalue weighted by atomic mass is 79.9. The fraction of sp³-hybridized carbons (Fsp3) is 0.333. The van der Waals surface area contributed by atoms with Crippen LogP contribution in [0.1, 0.15) is 24.0 Å². The maximum atomic E-state index is 11.7. The van der Waals surface area contributed by atoms with Gasteiger partial charge in [-0.15, -0.1) is 0 Å². The molecule has 0 saturated carbocycles. The molecule has 0 aliphatic carbocycles. The summed E-state index contributed by atoms with van der Waals surface area (Å²) in [5.74, 6) is 0.143. The van der Waals surface area contributed by atoms with Gasteiger partial charge in [0.2, 0.25) is 5.91 Å². The first-order valence-corrected chi connectivity index (χ1v) is 6.30. The maximum Gasteiger partial charge on any atom is 0.223 e. The van der Waals surface area contributed by atoms with Crippen molar-refractivity contribution in [3.8, 4) is 0 Å². The minimum absolute atomic E-state index is 0.0608. The Morgan fingerprint density at radius 3 is 3.06 bits per heavy atom. The highest BCUT2D eigenvalue weighted by molar-refractivity contribution is 9.10. The number of nitrogens with zero attached hydrogens (tertiary/aromatic N) is 2. The fourth-order valence-electron chi connectivity index (χ4n) is 2.62. The van der Waals surface area contributed by atoms with Crippen LogP contribution < -0.4 is 0 Å². The van der Waals surface area contributed by atoms with E-state index in [1.54, 1.807) is 4.90 Å². The molecule has 0 bridgehead atoms. The first kappa shape index (κ1) is 10.8. The predicted molar refractivity (Wildman–Crippen MR) is 66.0 cm³/mol. The highest BCUT2D eigenvalue weighted by Gasteiger charge is 2.39. The minimum atomic E-state index is -0.0608. The lowest BCUT2D eigenvalue weighted by atomic mass is 9.92. The highest BCUT2D eigenvalue weighted by Crippen LogP contribution is 2.32. The van der Waals surface area contributed by atoms with E-state index in [-0.39, 0.29) is 11.9 Å². The molecule has 2 aliphatic rings. The molecule has 2 heterocycles. The van der Waals surface area contributed by atoms with E-state index < -0.39 is 0 Å². The van der Waals surface area contributed by atoms with E-state index in [1.165, 1.54) is 0 Å². The van der Waals surface area contributed by atoms with Crippen molar-refractivity contribution in [2.45, 2.75) is 25.4 Å². The summed E-state index contributed by atoms with van der Waals surface area (Å²) in [7, 11) is 0. The second kappa shape index (κ2) is 3.84. The Morgan fingerprint density at radius 1 is 1.47 bits per heavy atom. The Labute approximate surface area is 107 Å². The van der Waals surface area contributed by atoms with Crippen molar-refractivity contribution in [1.82, 2.24) is 4.90 Å². The molecule has 88 valence electrons. The van der Waals surface area contributed by atoms with E-state index in [0.29, 0.717) is 18.7 Å². The third-order valence-corrected chi connectivity index (χ3v) is 3.93. The molecule has 1 aromatic rings. The van der Waals surface area contributed by atoms with Gasteiger partial charge in [-0.3, -0.25) is 4.79 Å². The SMILES string of the molecule is O=C1CCC2/C(=N\O)c3cc(Br)ccc3CN12. The van der Waals surface area contributed by atoms with Gasteiger partial charge in [-0.1, -0.05) is 27.2 Å². The van der Waals surface area contributed by atoms with Gasteiger partial charge in [-0.2, -0.15) is 0 Å². The number of halogens is 1. The van der Waals surface area contributed by atoms with Crippen LogP contribution >= 0.6 is 15.9 Å². The Balaban J connectivity index is 2.14. The molecule has 0 aromatic heterocycles. The van der Waals surface area contributed by atoms with Gasteiger partial charge in [0.05, 0.1) is 6.04 Å². The van der Waals surface area contributed by atoms with Crippen molar-refractivity contribution in [2.75, 3.05) is 0 Å². The number of amides is 1. The van der Waals surface area contributed by atoms with Gasteiger partial charge in [0.15, 0.2) is 0 Å². The lowest BCUT2D eigenvalue weighted by molar-refractivity contribution is -0.128. The van der Waals surface area contributed by atoms with Gasteiger partial charge >= 0.3 is 0 Å². The summed E-state index contributed by atoms with van der Waals surface area (Å²) in [6.07, 6.45) is 1.28. The van der Waals surface area contributed by atoms with Crippen molar-refractivity contribution < 1.29 is 10.0 Å².